The fourth-order valence-corrected chi connectivity index (χ4v) is 2.49. The van der Waals surface area contributed by atoms with Crippen LogP contribution in [0, 0.1) is 13.8 Å². The highest BCUT2D eigenvalue weighted by Gasteiger charge is 2.22. The molecule has 1 aromatic carbocycles. The zero-order chi connectivity index (χ0) is 11.5. The summed E-state index contributed by atoms with van der Waals surface area (Å²) in [5.74, 6) is 0. The minimum atomic E-state index is 0.671. The van der Waals surface area contributed by atoms with E-state index in [0.29, 0.717) is 6.04 Å². The molecule has 0 saturated carbocycles. The summed E-state index contributed by atoms with van der Waals surface area (Å²) >= 11 is 0. The van der Waals surface area contributed by atoms with E-state index in [-0.39, 0.29) is 0 Å². The van der Waals surface area contributed by atoms with Crippen molar-refractivity contribution in [3.63, 3.8) is 0 Å². The van der Waals surface area contributed by atoms with Crippen LogP contribution in [0.5, 0.6) is 0 Å². The lowest BCUT2D eigenvalue weighted by Gasteiger charge is -2.21. The molecule has 2 rings (SSSR count). The molecule has 88 valence electrons. The molecule has 1 unspecified atom stereocenters. The topological polar surface area (TPSA) is 15.3 Å². The lowest BCUT2D eigenvalue weighted by atomic mass is 10.1. The molecule has 1 atom stereocenters. The largest absolute Gasteiger partial charge is 0.370 e. The Kier molecular flexibility index (Phi) is 3.49. The second-order valence-electron chi connectivity index (χ2n) is 4.78. The number of aryl methyl sites for hydroxylation is 2. The van der Waals surface area contributed by atoms with Gasteiger partial charge in [-0.05, 0) is 44.0 Å². The summed E-state index contributed by atoms with van der Waals surface area (Å²) in [6, 6.07) is 7.40. The standard InChI is InChI=1S/C14H22N2/c1-4-15-13-7-8-16(10-13)14-9-11(2)5-6-12(14)3/h5-6,9,13,15H,4,7-8,10H2,1-3H3. The highest BCUT2D eigenvalue weighted by atomic mass is 15.2. The van der Waals surface area contributed by atoms with E-state index >= 15 is 0 Å². The van der Waals surface area contributed by atoms with Crippen molar-refractivity contribution in [2.45, 2.75) is 33.2 Å². The average Bonchev–Trinajstić information content (AvgIpc) is 2.71. The van der Waals surface area contributed by atoms with Gasteiger partial charge < -0.3 is 10.2 Å². The molecule has 16 heavy (non-hydrogen) atoms. The first-order chi connectivity index (χ1) is 7.70. The Morgan fingerprint density at radius 1 is 1.38 bits per heavy atom. The van der Waals surface area contributed by atoms with E-state index in [1.165, 1.54) is 29.8 Å². The summed E-state index contributed by atoms with van der Waals surface area (Å²) in [5, 5.41) is 3.54. The van der Waals surface area contributed by atoms with E-state index in [1.54, 1.807) is 0 Å². The first-order valence-corrected chi connectivity index (χ1v) is 6.26. The molecule has 0 amide bonds. The van der Waals surface area contributed by atoms with Crippen LogP contribution in [0.3, 0.4) is 0 Å². The van der Waals surface area contributed by atoms with Gasteiger partial charge in [0.05, 0.1) is 0 Å². The van der Waals surface area contributed by atoms with Crippen molar-refractivity contribution < 1.29 is 0 Å². The van der Waals surface area contributed by atoms with E-state index in [4.69, 9.17) is 0 Å². The van der Waals surface area contributed by atoms with Gasteiger partial charge in [-0.3, -0.25) is 0 Å². The summed E-state index contributed by atoms with van der Waals surface area (Å²) in [6.07, 6.45) is 1.27. The predicted molar refractivity (Wildman–Crippen MR) is 70.2 cm³/mol. The summed E-state index contributed by atoms with van der Waals surface area (Å²) in [5.41, 5.74) is 4.16. The summed E-state index contributed by atoms with van der Waals surface area (Å²) in [6.45, 7) is 9.96. The third-order valence-electron chi connectivity index (χ3n) is 3.39. The Morgan fingerprint density at radius 3 is 2.94 bits per heavy atom. The van der Waals surface area contributed by atoms with Crippen LogP contribution < -0.4 is 10.2 Å². The molecule has 1 aliphatic heterocycles. The van der Waals surface area contributed by atoms with Gasteiger partial charge in [-0.25, -0.2) is 0 Å². The molecule has 0 bridgehead atoms. The van der Waals surface area contributed by atoms with Gasteiger partial charge in [-0.2, -0.15) is 0 Å². The number of nitrogens with zero attached hydrogens (tertiary/aromatic N) is 1. The quantitative estimate of drug-likeness (QED) is 0.838. The first-order valence-electron chi connectivity index (χ1n) is 6.26. The molecule has 2 heteroatoms. The molecule has 0 aromatic heterocycles. The molecule has 1 heterocycles. The normalized spacial score (nSPS) is 20.4. The van der Waals surface area contributed by atoms with E-state index in [9.17, 15) is 0 Å². The molecule has 0 radical (unpaired) electrons. The maximum atomic E-state index is 3.54. The summed E-state index contributed by atoms with van der Waals surface area (Å²) in [7, 11) is 0. The van der Waals surface area contributed by atoms with Crippen molar-refractivity contribution in [2.24, 2.45) is 0 Å². The number of likely N-dealkylation sites (N-methyl/N-ethyl adjacent to an activating group) is 1. The van der Waals surface area contributed by atoms with Crippen LogP contribution in [0.4, 0.5) is 5.69 Å². The van der Waals surface area contributed by atoms with Gasteiger partial charge >= 0.3 is 0 Å². The molecule has 1 fully saturated rings. The average molecular weight is 218 g/mol. The van der Waals surface area contributed by atoms with E-state index in [1.807, 2.05) is 0 Å². The number of nitrogens with one attached hydrogen (secondary N) is 1. The van der Waals surface area contributed by atoms with Gasteiger partial charge in [0.1, 0.15) is 0 Å². The number of hydrogen-bond acceptors (Lipinski definition) is 2. The van der Waals surface area contributed by atoms with Crippen molar-refractivity contribution in [2.75, 3.05) is 24.5 Å². The molecule has 1 N–H and O–H groups in total. The monoisotopic (exact) mass is 218 g/mol. The van der Waals surface area contributed by atoms with Gasteiger partial charge in [-0.1, -0.05) is 19.1 Å². The lowest BCUT2D eigenvalue weighted by Crippen LogP contribution is -2.32. The SMILES string of the molecule is CCNC1CCN(c2cc(C)ccc2C)C1. The van der Waals surface area contributed by atoms with Gasteiger partial charge in [0.25, 0.3) is 0 Å². The van der Waals surface area contributed by atoms with E-state index in [0.717, 1.165) is 13.1 Å². The van der Waals surface area contributed by atoms with Gasteiger partial charge in [0.2, 0.25) is 0 Å². The van der Waals surface area contributed by atoms with Crippen molar-refractivity contribution >= 4 is 5.69 Å². The molecule has 1 aliphatic rings. The van der Waals surface area contributed by atoms with Crippen LogP contribution in [0.2, 0.25) is 0 Å². The number of hydrogen-bond donors (Lipinski definition) is 1. The van der Waals surface area contributed by atoms with Gasteiger partial charge in [0, 0.05) is 24.8 Å². The molecule has 0 aliphatic carbocycles. The Hall–Kier alpha value is -1.02. The molecule has 1 aromatic rings. The van der Waals surface area contributed by atoms with Crippen LogP contribution in [0.1, 0.15) is 24.5 Å². The third-order valence-corrected chi connectivity index (χ3v) is 3.39. The van der Waals surface area contributed by atoms with Gasteiger partial charge in [0.15, 0.2) is 0 Å². The highest BCUT2D eigenvalue weighted by molar-refractivity contribution is 5.55. The Morgan fingerprint density at radius 2 is 2.19 bits per heavy atom. The maximum Gasteiger partial charge on any atom is 0.0399 e. The number of benzene rings is 1. The fraction of sp³-hybridized carbons (Fsp3) is 0.571. The van der Waals surface area contributed by atoms with E-state index in [2.05, 4.69) is 49.2 Å². The zero-order valence-electron chi connectivity index (χ0n) is 10.6. The lowest BCUT2D eigenvalue weighted by molar-refractivity contribution is 0.572. The van der Waals surface area contributed by atoms with Crippen LogP contribution in [-0.2, 0) is 0 Å². The molecular formula is C14H22N2. The smallest absolute Gasteiger partial charge is 0.0399 e. The second-order valence-corrected chi connectivity index (χ2v) is 4.78. The third kappa shape index (κ3) is 2.38. The Balaban J connectivity index is 2.11. The first kappa shape index (κ1) is 11.5. The number of anilines is 1. The fourth-order valence-electron chi connectivity index (χ4n) is 2.49. The second kappa shape index (κ2) is 4.88. The van der Waals surface area contributed by atoms with Crippen LogP contribution in [-0.4, -0.2) is 25.7 Å². The van der Waals surface area contributed by atoms with Crippen molar-refractivity contribution in [1.82, 2.24) is 5.32 Å². The number of rotatable bonds is 3. The minimum absolute atomic E-state index is 0.671. The molecular weight excluding hydrogens is 196 g/mol. The summed E-state index contributed by atoms with van der Waals surface area (Å²) < 4.78 is 0. The van der Waals surface area contributed by atoms with Crippen LogP contribution >= 0.6 is 0 Å². The zero-order valence-corrected chi connectivity index (χ0v) is 10.6. The maximum absolute atomic E-state index is 3.54. The minimum Gasteiger partial charge on any atom is -0.370 e. The molecule has 2 nitrogen and oxygen atoms in total. The van der Waals surface area contributed by atoms with Crippen LogP contribution in [0.15, 0.2) is 18.2 Å². The summed E-state index contributed by atoms with van der Waals surface area (Å²) in [4.78, 5) is 2.51. The molecule has 0 spiro atoms. The van der Waals surface area contributed by atoms with Crippen LogP contribution in [0.25, 0.3) is 0 Å². The Bertz CT molecular complexity index is 360. The van der Waals surface area contributed by atoms with Crippen molar-refractivity contribution in [3.8, 4) is 0 Å². The predicted octanol–water partition coefficient (Wildman–Crippen LogP) is 2.49. The van der Waals surface area contributed by atoms with Gasteiger partial charge in [-0.15, -0.1) is 0 Å². The highest BCUT2D eigenvalue weighted by Crippen LogP contribution is 2.25. The van der Waals surface area contributed by atoms with Crippen molar-refractivity contribution in [1.29, 1.82) is 0 Å². The molecule has 1 saturated heterocycles. The Labute approximate surface area is 98.7 Å². The van der Waals surface area contributed by atoms with Crippen molar-refractivity contribution in [3.05, 3.63) is 29.3 Å². The van der Waals surface area contributed by atoms with E-state index < -0.39 is 0 Å².